The zero-order chi connectivity index (χ0) is 15.6. The lowest BCUT2D eigenvalue weighted by Gasteiger charge is -2.10. The molecule has 0 aliphatic carbocycles. The molecule has 0 bridgehead atoms. The molecule has 108 valence electrons. The molecule has 3 nitrogen and oxygen atoms in total. The Bertz CT molecular complexity index is 732. The highest BCUT2D eigenvalue weighted by atomic mass is 35.5. The summed E-state index contributed by atoms with van der Waals surface area (Å²) < 4.78 is 0. The van der Waals surface area contributed by atoms with Crippen molar-refractivity contribution in [2.45, 2.75) is 6.92 Å². The first kappa shape index (κ1) is 15.8. The maximum absolute atomic E-state index is 12.3. The van der Waals surface area contributed by atoms with Crippen LogP contribution in [0.15, 0.2) is 36.4 Å². The standard InChI is InChI=1S/C15H12Cl2N2OS/c1-8-2-4-10(12(17)6-8)15(20)19-13-7-9(14(18)21)3-5-11(13)16/h2-7H,1H3,(H2,18,21)(H,19,20). The fourth-order valence-electron chi connectivity index (χ4n) is 1.77. The number of thiocarbonyl (C=S) groups is 1. The predicted molar refractivity (Wildman–Crippen MR) is 91.5 cm³/mol. The number of aryl methyl sites for hydroxylation is 1. The minimum atomic E-state index is -0.345. The molecular formula is C15H12Cl2N2OS. The molecule has 0 spiro atoms. The summed E-state index contributed by atoms with van der Waals surface area (Å²) in [6, 6.07) is 10.2. The van der Waals surface area contributed by atoms with Crippen molar-refractivity contribution in [1.82, 2.24) is 0 Å². The average Bonchev–Trinajstić information content (AvgIpc) is 2.40. The van der Waals surface area contributed by atoms with Crippen molar-refractivity contribution < 1.29 is 4.79 Å². The van der Waals surface area contributed by atoms with Gasteiger partial charge in [-0.15, -0.1) is 0 Å². The van der Waals surface area contributed by atoms with E-state index >= 15 is 0 Å². The maximum Gasteiger partial charge on any atom is 0.257 e. The Morgan fingerprint density at radius 3 is 2.48 bits per heavy atom. The van der Waals surface area contributed by atoms with Crippen molar-refractivity contribution in [1.29, 1.82) is 0 Å². The number of hydrogen-bond donors (Lipinski definition) is 2. The number of benzene rings is 2. The van der Waals surface area contributed by atoms with Gasteiger partial charge in [-0.05, 0) is 36.8 Å². The third-order valence-electron chi connectivity index (χ3n) is 2.87. The molecule has 0 aliphatic rings. The molecule has 0 aromatic heterocycles. The molecule has 0 atom stereocenters. The van der Waals surface area contributed by atoms with Crippen molar-refractivity contribution in [3.8, 4) is 0 Å². The topological polar surface area (TPSA) is 55.1 Å². The Labute approximate surface area is 138 Å². The van der Waals surface area contributed by atoms with Gasteiger partial charge in [-0.2, -0.15) is 0 Å². The molecule has 2 aromatic carbocycles. The summed E-state index contributed by atoms with van der Waals surface area (Å²) >= 11 is 17.1. The van der Waals surface area contributed by atoms with Crippen molar-refractivity contribution in [3.63, 3.8) is 0 Å². The summed E-state index contributed by atoms with van der Waals surface area (Å²) in [6.45, 7) is 1.90. The van der Waals surface area contributed by atoms with Gasteiger partial charge in [0.2, 0.25) is 0 Å². The van der Waals surface area contributed by atoms with Gasteiger partial charge in [-0.3, -0.25) is 4.79 Å². The van der Waals surface area contributed by atoms with Gasteiger partial charge in [-0.1, -0.05) is 47.6 Å². The Hall–Kier alpha value is -1.62. The maximum atomic E-state index is 12.3. The smallest absolute Gasteiger partial charge is 0.257 e. The Morgan fingerprint density at radius 2 is 1.86 bits per heavy atom. The van der Waals surface area contributed by atoms with E-state index in [1.165, 1.54) is 0 Å². The van der Waals surface area contributed by atoms with Crippen LogP contribution in [0.3, 0.4) is 0 Å². The Morgan fingerprint density at radius 1 is 1.14 bits per heavy atom. The van der Waals surface area contributed by atoms with Gasteiger partial charge >= 0.3 is 0 Å². The van der Waals surface area contributed by atoms with E-state index in [1.54, 1.807) is 30.3 Å². The van der Waals surface area contributed by atoms with Gasteiger partial charge in [-0.25, -0.2) is 0 Å². The van der Waals surface area contributed by atoms with Gasteiger partial charge in [0.05, 0.1) is 21.3 Å². The number of anilines is 1. The fourth-order valence-corrected chi connectivity index (χ4v) is 2.38. The molecule has 1 amide bonds. The predicted octanol–water partition coefficient (Wildman–Crippen LogP) is 4.19. The number of halogens is 2. The first-order valence-corrected chi connectivity index (χ1v) is 7.22. The molecule has 0 unspecified atom stereocenters. The highest BCUT2D eigenvalue weighted by molar-refractivity contribution is 7.80. The van der Waals surface area contributed by atoms with E-state index in [0.717, 1.165) is 5.56 Å². The lowest BCUT2D eigenvalue weighted by atomic mass is 10.1. The first-order chi connectivity index (χ1) is 9.88. The number of carbonyl (C=O) groups is 1. The summed E-state index contributed by atoms with van der Waals surface area (Å²) in [5, 5.41) is 3.49. The quantitative estimate of drug-likeness (QED) is 0.825. The number of amides is 1. The van der Waals surface area contributed by atoms with E-state index in [2.05, 4.69) is 5.32 Å². The van der Waals surface area contributed by atoms with Crippen LogP contribution >= 0.6 is 35.4 Å². The number of rotatable bonds is 3. The van der Waals surface area contributed by atoms with E-state index in [-0.39, 0.29) is 10.9 Å². The van der Waals surface area contributed by atoms with E-state index in [0.29, 0.717) is 26.9 Å². The fraction of sp³-hybridized carbons (Fsp3) is 0.0667. The molecule has 0 saturated carbocycles. The van der Waals surface area contributed by atoms with Crippen molar-refractivity contribution in [2.24, 2.45) is 5.73 Å². The van der Waals surface area contributed by atoms with Gasteiger partial charge in [0.1, 0.15) is 4.99 Å². The van der Waals surface area contributed by atoms with Gasteiger partial charge in [0.25, 0.3) is 5.91 Å². The Balaban J connectivity index is 2.31. The van der Waals surface area contributed by atoms with Crippen molar-refractivity contribution >= 4 is 52.0 Å². The van der Waals surface area contributed by atoms with Crippen LogP contribution in [0.5, 0.6) is 0 Å². The number of hydrogen-bond acceptors (Lipinski definition) is 2. The van der Waals surface area contributed by atoms with Crippen molar-refractivity contribution in [3.05, 3.63) is 63.1 Å². The molecule has 2 rings (SSSR count). The minimum Gasteiger partial charge on any atom is -0.389 e. The summed E-state index contributed by atoms with van der Waals surface area (Å²) in [5.41, 5.74) is 7.98. The molecule has 0 radical (unpaired) electrons. The second-order valence-corrected chi connectivity index (χ2v) is 5.75. The third kappa shape index (κ3) is 3.73. The molecular weight excluding hydrogens is 327 g/mol. The SMILES string of the molecule is Cc1ccc(C(=O)Nc2cc(C(N)=S)ccc2Cl)c(Cl)c1. The molecule has 6 heteroatoms. The molecule has 3 N–H and O–H groups in total. The summed E-state index contributed by atoms with van der Waals surface area (Å²) in [7, 11) is 0. The van der Waals surface area contributed by atoms with Crippen LogP contribution in [0.1, 0.15) is 21.5 Å². The van der Waals surface area contributed by atoms with Crippen LogP contribution in [0.4, 0.5) is 5.69 Å². The molecule has 0 saturated heterocycles. The van der Waals surface area contributed by atoms with E-state index in [9.17, 15) is 4.79 Å². The second-order valence-electron chi connectivity index (χ2n) is 4.50. The minimum absolute atomic E-state index is 0.232. The largest absolute Gasteiger partial charge is 0.389 e. The first-order valence-electron chi connectivity index (χ1n) is 6.05. The molecule has 0 fully saturated rings. The molecule has 0 heterocycles. The summed E-state index contributed by atoms with van der Waals surface area (Å²) in [5.74, 6) is -0.345. The van der Waals surface area contributed by atoms with Crippen LogP contribution < -0.4 is 11.1 Å². The monoisotopic (exact) mass is 338 g/mol. The molecule has 2 aromatic rings. The van der Waals surface area contributed by atoms with Crippen LogP contribution in [0.25, 0.3) is 0 Å². The summed E-state index contributed by atoms with van der Waals surface area (Å²) in [4.78, 5) is 12.5. The average molecular weight is 339 g/mol. The zero-order valence-corrected chi connectivity index (χ0v) is 13.4. The molecule has 0 aliphatic heterocycles. The number of nitrogens with two attached hydrogens (primary N) is 1. The van der Waals surface area contributed by atoms with Gasteiger partial charge in [0.15, 0.2) is 0 Å². The van der Waals surface area contributed by atoms with E-state index in [1.807, 2.05) is 13.0 Å². The zero-order valence-electron chi connectivity index (χ0n) is 11.1. The highest BCUT2D eigenvalue weighted by Gasteiger charge is 2.13. The normalized spacial score (nSPS) is 10.2. The molecule has 21 heavy (non-hydrogen) atoms. The lowest BCUT2D eigenvalue weighted by Crippen LogP contribution is -2.14. The van der Waals surface area contributed by atoms with E-state index in [4.69, 9.17) is 41.2 Å². The van der Waals surface area contributed by atoms with Crippen LogP contribution in [-0.2, 0) is 0 Å². The second kappa shape index (κ2) is 6.43. The highest BCUT2D eigenvalue weighted by Crippen LogP contribution is 2.25. The van der Waals surface area contributed by atoms with E-state index < -0.39 is 0 Å². The van der Waals surface area contributed by atoms with Crippen LogP contribution in [0, 0.1) is 6.92 Å². The number of carbonyl (C=O) groups excluding carboxylic acids is 1. The number of nitrogens with one attached hydrogen (secondary N) is 1. The third-order valence-corrected chi connectivity index (χ3v) is 3.75. The van der Waals surface area contributed by atoms with Gasteiger partial charge < -0.3 is 11.1 Å². The summed E-state index contributed by atoms with van der Waals surface area (Å²) in [6.07, 6.45) is 0. The van der Waals surface area contributed by atoms with Crippen molar-refractivity contribution in [2.75, 3.05) is 5.32 Å². The van der Waals surface area contributed by atoms with Gasteiger partial charge in [0, 0.05) is 5.56 Å². The van der Waals surface area contributed by atoms with Crippen LogP contribution in [-0.4, -0.2) is 10.9 Å². The lowest BCUT2D eigenvalue weighted by molar-refractivity contribution is 0.102. The van der Waals surface area contributed by atoms with Crippen LogP contribution in [0.2, 0.25) is 10.0 Å². The Kier molecular flexibility index (Phi) is 4.83.